The normalized spacial score (nSPS) is 12.0. The first-order chi connectivity index (χ1) is 12.0. The van der Waals surface area contributed by atoms with Crippen molar-refractivity contribution < 1.29 is 9.53 Å². The summed E-state index contributed by atoms with van der Waals surface area (Å²) in [4.78, 5) is 11.1. The van der Waals surface area contributed by atoms with E-state index >= 15 is 0 Å². The van der Waals surface area contributed by atoms with Crippen LogP contribution in [0.3, 0.4) is 0 Å². The minimum atomic E-state index is -2.38. The summed E-state index contributed by atoms with van der Waals surface area (Å²) in [5.41, 5.74) is 0. The van der Waals surface area contributed by atoms with E-state index in [1.165, 1.54) is 70.3 Å². The van der Waals surface area contributed by atoms with Crippen molar-refractivity contribution in [1.29, 1.82) is 0 Å². The molecule has 0 aliphatic rings. The molecule has 148 valence electrons. The molecule has 0 aliphatic heterocycles. The molecule has 0 heterocycles. The highest BCUT2D eigenvalue weighted by atomic mass is 35.8. The minimum absolute atomic E-state index is 0.227. The zero-order valence-electron chi connectivity index (χ0n) is 15.7. The highest BCUT2D eigenvalue weighted by molar-refractivity contribution is 7.64. The third-order valence-electron chi connectivity index (χ3n) is 4.15. The lowest BCUT2D eigenvalue weighted by molar-refractivity contribution is -0.137. The van der Waals surface area contributed by atoms with Crippen LogP contribution in [-0.2, 0) is 9.53 Å². The minimum Gasteiger partial charge on any atom is -0.463 e. The van der Waals surface area contributed by atoms with Gasteiger partial charge in [0.2, 0.25) is 0 Å². The Morgan fingerprint density at radius 1 is 0.760 bits per heavy atom. The number of hydrogen-bond donors (Lipinski definition) is 0. The van der Waals surface area contributed by atoms with Crippen LogP contribution in [0.4, 0.5) is 0 Å². The topological polar surface area (TPSA) is 26.3 Å². The van der Waals surface area contributed by atoms with Gasteiger partial charge in [-0.15, -0.1) is 33.2 Å². The molecule has 0 saturated carbocycles. The summed E-state index contributed by atoms with van der Waals surface area (Å²) in [5, 5.41) is 0. The van der Waals surface area contributed by atoms with Crippen LogP contribution in [0.15, 0.2) is 12.2 Å². The Morgan fingerprint density at radius 2 is 1.16 bits per heavy atom. The maximum Gasteiger partial charge on any atom is 0.341 e. The van der Waals surface area contributed by atoms with Crippen molar-refractivity contribution in [1.82, 2.24) is 0 Å². The van der Waals surface area contributed by atoms with E-state index in [4.69, 9.17) is 38.0 Å². The van der Waals surface area contributed by atoms with Gasteiger partial charge in [-0.25, -0.2) is 4.79 Å². The summed E-state index contributed by atoms with van der Waals surface area (Å²) in [6.45, 7) is 2.37. The van der Waals surface area contributed by atoms with E-state index in [9.17, 15) is 4.79 Å². The Kier molecular flexibility index (Phi) is 17.9. The molecular formula is C19H35Cl3O2Si. The molecule has 2 nitrogen and oxygen atoms in total. The lowest BCUT2D eigenvalue weighted by Gasteiger charge is -2.07. The average molecular weight is 430 g/mol. The van der Waals surface area contributed by atoms with Crippen molar-refractivity contribution in [3.63, 3.8) is 0 Å². The van der Waals surface area contributed by atoms with Gasteiger partial charge in [0, 0.05) is 6.08 Å². The largest absolute Gasteiger partial charge is 0.463 e. The van der Waals surface area contributed by atoms with E-state index in [0.29, 0.717) is 6.61 Å². The van der Waals surface area contributed by atoms with E-state index in [1.54, 1.807) is 6.08 Å². The van der Waals surface area contributed by atoms with Gasteiger partial charge in [-0.05, 0) is 19.4 Å². The fraction of sp³-hybridized carbons (Fsp3) is 0.842. The van der Waals surface area contributed by atoms with Gasteiger partial charge in [0.05, 0.1) is 6.61 Å². The van der Waals surface area contributed by atoms with Crippen LogP contribution in [0.25, 0.3) is 0 Å². The van der Waals surface area contributed by atoms with Crippen LogP contribution in [0, 0.1) is 0 Å². The summed E-state index contributed by atoms with van der Waals surface area (Å²) in [6, 6.07) is -1.58. The van der Waals surface area contributed by atoms with Crippen molar-refractivity contribution in [2.45, 2.75) is 96.4 Å². The van der Waals surface area contributed by atoms with Gasteiger partial charge in [0.1, 0.15) is 0 Å². The van der Waals surface area contributed by atoms with Crippen LogP contribution in [0.2, 0.25) is 6.04 Å². The van der Waals surface area contributed by atoms with E-state index in [1.807, 2.05) is 6.92 Å². The molecule has 0 aliphatic carbocycles. The molecule has 0 bridgehead atoms. The molecule has 0 radical (unpaired) electrons. The monoisotopic (exact) mass is 428 g/mol. The van der Waals surface area contributed by atoms with Crippen LogP contribution < -0.4 is 0 Å². The summed E-state index contributed by atoms with van der Waals surface area (Å²) in [7, 11) is 0. The van der Waals surface area contributed by atoms with Crippen LogP contribution in [0.5, 0.6) is 0 Å². The standard InChI is InChI=1S/C19H35Cl3O2Si/c1-2-16-19(23)24-17-14-12-10-8-6-4-3-5-7-9-11-13-15-18-25(20,21)22/h2,16H,3-15,17-18H2,1H3. The SMILES string of the molecule is CC=CC(=O)OCCCCCCCCCCCCCCC[Si](Cl)(Cl)Cl. The number of halogens is 3. The van der Waals surface area contributed by atoms with E-state index in [2.05, 4.69) is 0 Å². The van der Waals surface area contributed by atoms with Crippen LogP contribution in [-0.4, -0.2) is 18.6 Å². The fourth-order valence-corrected chi connectivity index (χ4v) is 4.58. The molecule has 0 aromatic carbocycles. The fourth-order valence-electron chi connectivity index (χ4n) is 2.73. The van der Waals surface area contributed by atoms with Crippen molar-refractivity contribution in [3.8, 4) is 0 Å². The van der Waals surface area contributed by atoms with E-state index in [0.717, 1.165) is 25.3 Å². The molecule has 0 rings (SSSR count). The third-order valence-corrected chi connectivity index (χ3v) is 6.77. The van der Waals surface area contributed by atoms with Gasteiger partial charge < -0.3 is 4.74 Å². The summed E-state index contributed by atoms with van der Waals surface area (Å²) in [5.74, 6) is -0.227. The molecule has 6 heteroatoms. The second kappa shape index (κ2) is 17.7. The highest BCUT2D eigenvalue weighted by Crippen LogP contribution is 2.27. The maximum atomic E-state index is 11.1. The van der Waals surface area contributed by atoms with Crippen molar-refractivity contribution in [3.05, 3.63) is 12.2 Å². The van der Waals surface area contributed by atoms with Gasteiger partial charge >= 0.3 is 12.0 Å². The highest BCUT2D eigenvalue weighted by Gasteiger charge is 2.23. The van der Waals surface area contributed by atoms with Gasteiger partial charge in [-0.2, -0.15) is 0 Å². The Morgan fingerprint density at radius 3 is 1.56 bits per heavy atom. The first-order valence-electron chi connectivity index (χ1n) is 9.82. The Labute approximate surface area is 169 Å². The first-order valence-corrected chi connectivity index (χ1v) is 15.1. The third kappa shape index (κ3) is 22.3. The molecule has 0 saturated heterocycles. The van der Waals surface area contributed by atoms with Gasteiger partial charge in [0.15, 0.2) is 0 Å². The Hall–Kier alpha value is 0.297. The maximum absolute atomic E-state index is 11.1. The van der Waals surface area contributed by atoms with E-state index < -0.39 is 6.00 Å². The number of carbonyl (C=O) groups excluding carboxylic acids is 1. The molecule has 0 fully saturated rings. The summed E-state index contributed by atoms with van der Waals surface area (Å²) >= 11 is 17.6. The van der Waals surface area contributed by atoms with Crippen molar-refractivity contribution in [2.75, 3.05) is 6.61 Å². The average Bonchev–Trinajstić information content (AvgIpc) is 2.53. The summed E-state index contributed by atoms with van der Waals surface area (Å²) < 4.78 is 5.06. The van der Waals surface area contributed by atoms with Gasteiger partial charge in [0.25, 0.3) is 0 Å². The number of ether oxygens (including phenoxy) is 1. The number of hydrogen-bond acceptors (Lipinski definition) is 2. The summed E-state index contributed by atoms with van der Waals surface area (Å²) in [6.07, 6.45) is 19.4. The lowest BCUT2D eigenvalue weighted by atomic mass is 10.0. The lowest BCUT2D eigenvalue weighted by Crippen LogP contribution is -2.07. The molecular weight excluding hydrogens is 395 g/mol. The molecule has 0 spiro atoms. The van der Waals surface area contributed by atoms with Gasteiger partial charge in [-0.1, -0.05) is 83.1 Å². The smallest absolute Gasteiger partial charge is 0.341 e. The number of esters is 1. The Bertz CT molecular complexity index is 344. The predicted molar refractivity (Wildman–Crippen MR) is 114 cm³/mol. The van der Waals surface area contributed by atoms with Crippen molar-refractivity contribution in [2.24, 2.45) is 0 Å². The molecule has 0 aromatic heterocycles. The molecule has 25 heavy (non-hydrogen) atoms. The molecule has 0 aromatic rings. The number of unbranched alkanes of at least 4 members (excludes halogenated alkanes) is 12. The Balaban J connectivity index is 3.11. The van der Waals surface area contributed by atoms with Crippen LogP contribution >= 0.6 is 33.2 Å². The van der Waals surface area contributed by atoms with Crippen molar-refractivity contribution >= 4 is 45.2 Å². The zero-order valence-corrected chi connectivity index (χ0v) is 19.0. The molecule has 0 N–H and O–H groups in total. The quantitative estimate of drug-likeness (QED) is 0.0773. The number of rotatable bonds is 17. The van der Waals surface area contributed by atoms with E-state index in [-0.39, 0.29) is 5.97 Å². The molecule has 0 amide bonds. The molecule has 0 unspecified atom stereocenters. The second-order valence-electron chi connectivity index (χ2n) is 6.63. The number of allylic oxidation sites excluding steroid dienone is 1. The molecule has 0 atom stereocenters. The second-order valence-corrected chi connectivity index (χ2v) is 15.9. The number of carbonyl (C=O) groups is 1. The first kappa shape index (κ1) is 25.3. The van der Waals surface area contributed by atoms with Gasteiger partial charge in [-0.3, -0.25) is 0 Å². The zero-order chi connectivity index (χ0) is 18.8. The van der Waals surface area contributed by atoms with Crippen LogP contribution in [0.1, 0.15) is 90.4 Å². The predicted octanol–water partition coefficient (Wildman–Crippen LogP) is 7.83.